The number of Topliss-reactive ketones (excluding diaryl/α,β-unsaturated/α-hetero) is 1. The van der Waals surface area contributed by atoms with Crippen molar-refractivity contribution in [2.75, 3.05) is 5.73 Å². The van der Waals surface area contributed by atoms with E-state index in [2.05, 4.69) is 16.5 Å². The molecule has 4 aromatic rings. The summed E-state index contributed by atoms with van der Waals surface area (Å²) in [7, 11) is 0. The van der Waals surface area contributed by atoms with Crippen LogP contribution in [0.4, 0.5) is 19.0 Å². The predicted octanol–water partition coefficient (Wildman–Crippen LogP) is 6.97. The van der Waals surface area contributed by atoms with Crippen LogP contribution in [0.25, 0.3) is 16.8 Å². The van der Waals surface area contributed by atoms with Crippen molar-refractivity contribution in [2.24, 2.45) is 17.8 Å². The van der Waals surface area contributed by atoms with Gasteiger partial charge in [-0.25, -0.2) is 9.97 Å². The van der Waals surface area contributed by atoms with Crippen LogP contribution in [-0.4, -0.2) is 30.9 Å². The van der Waals surface area contributed by atoms with E-state index < -0.39 is 17.7 Å². The van der Waals surface area contributed by atoms with Crippen LogP contribution in [0.5, 0.6) is 0 Å². The molecule has 10 heteroatoms. The Kier molecular flexibility index (Phi) is 6.71. The molecule has 0 spiro atoms. The van der Waals surface area contributed by atoms with Crippen molar-refractivity contribution in [1.82, 2.24) is 19.4 Å². The first-order valence-corrected chi connectivity index (χ1v) is 15.1. The van der Waals surface area contributed by atoms with Gasteiger partial charge in [-0.3, -0.25) is 19.0 Å². The number of pyridine rings is 1. The lowest BCUT2D eigenvalue weighted by molar-refractivity contribution is -0.137. The molecule has 3 saturated carbocycles. The van der Waals surface area contributed by atoms with E-state index in [1.165, 1.54) is 6.08 Å². The standard InChI is InChI=1S/C34H32F3N5O2/c1-2-27(43)19-7-8-23-18-33(23,13-11-19)32-41-28(29-31(38)40-15-16-42(29)32)20-3-5-21(6-4-20)30(44)25-10-9-24(25)26-17-22(12-14-39-26)34(35,36)37/h2-6,12,14-17,19,23-25H,1,7-11,13,18H2,(H2,38,40). The molecule has 0 bridgehead atoms. The predicted molar refractivity (Wildman–Crippen MR) is 159 cm³/mol. The average Bonchev–Trinajstić information content (AvgIpc) is 3.60. The third kappa shape index (κ3) is 4.62. The second-order valence-corrected chi connectivity index (χ2v) is 12.5. The zero-order valence-corrected chi connectivity index (χ0v) is 24.1. The number of nitrogen functional groups attached to an aromatic ring is 1. The third-order valence-corrected chi connectivity index (χ3v) is 10.2. The van der Waals surface area contributed by atoms with E-state index in [0.29, 0.717) is 47.0 Å². The number of nitrogens with two attached hydrogens (primary N) is 1. The Morgan fingerprint density at radius 2 is 1.82 bits per heavy atom. The largest absolute Gasteiger partial charge is 0.416 e. The number of hydrogen-bond acceptors (Lipinski definition) is 6. The average molecular weight is 600 g/mol. The Bertz CT molecular complexity index is 1800. The normalized spacial score (nSPS) is 26.3. The summed E-state index contributed by atoms with van der Waals surface area (Å²) in [5.41, 5.74) is 8.49. The Hall–Kier alpha value is -4.34. The highest BCUT2D eigenvalue weighted by Crippen LogP contribution is 2.62. The maximum absolute atomic E-state index is 13.5. The Balaban J connectivity index is 1.16. The summed E-state index contributed by atoms with van der Waals surface area (Å²) in [4.78, 5) is 39.5. The van der Waals surface area contributed by atoms with Crippen molar-refractivity contribution < 1.29 is 22.8 Å². The SMILES string of the molecule is C=CC(=O)C1CCC2CC2(c2nc(-c3ccc(C(=O)C4CCC4c4cc(C(F)(F)F)ccn4)cc3)c3c(N)nccn23)CC1. The molecule has 0 saturated heterocycles. The summed E-state index contributed by atoms with van der Waals surface area (Å²) in [5.74, 6) is 0.965. The van der Waals surface area contributed by atoms with Gasteiger partial charge in [-0.2, -0.15) is 13.2 Å². The number of carbonyl (C=O) groups is 2. The minimum Gasteiger partial charge on any atom is -0.382 e. The van der Waals surface area contributed by atoms with Crippen LogP contribution in [0.15, 0.2) is 67.6 Å². The molecule has 0 aliphatic heterocycles. The molecular weight excluding hydrogens is 567 g/mol. The fraction of sp³-hybridized carbons (Fsp3) is 0.382. The quantitative estimate of drug-likeness (QED) is 0.182. The van der Waals surface area contributed by atoms with E-state index in [-0.39, 0.29) is 28.8 Å². The van der Waals surface area contributed by atoms with Gasteiger partial charge < -0.3 is 5.73 Å². The number of alkyl halides is 3. The minimum atomic E-state index is -4.46. The van der Waals surface area contributed by atoms with Crippen molar-refractivity contribution in [3.05, 3.63) is 90.3 Å². The van der Waals surface area contributed by atoms with Crippen molar-refractivity contribution in [3.63, 3.8) is 0 Å². The first kappa shape index (κ1) is 28.4. The zero-order chi connectivity index (χ0) is 30.8. The van der Waals surface area contributed by atoms with Crippen molar-refractivity contribution >= 4 is 22.9 Å². The van der Waals surface area contributed by atoms with Gasteiger partial charge in [-0.05, 0) is 69.1 Å². The Morgan fingerprint density at radius 1 is 1.02 bits per heavy atom. The molecule has 0 radical (unpaired) electrons. The molecule has 3 fully saturated rings. The Labute approximate surface area is 252 Å². The summed E-state index contributed by atoms with van der Waals surface area (Å²) < 4.78 is 41.8. The fourth-order valence-electron chi connectivity index (χ4n) is 7.50. The van der Waals surface area contributed by atoms with Crippen LogP contribution in [0.2, 0.25) is 0 Å². The number of halogens is 3. The molecule has 3 aliphatic rings. The van der Waals surface area contributed by atoms with E-state index in [1.54, 1.807) is 18.3 Å². The van der Waals surface area contributed by atoms with Crippen molar-refractivity contribution in [3.8, 4) is 11.3 Å². The van der Waals surface area contributed by atoms with Crippen LogP contribution in [0, 0.1) is 17.8 Å². The number of anilines is 1. The van der Waals surface area contributed by atoms with Gasteiger partial charge in [-0.1, -0.05) is 30.8 Å². The second kappa shape index (κ2) is 10.4. The number of aromatic nitrogens is 4. The monoisotopic (exact) mass is 599 g/mol. The number of rotatable bonds is 7. The van der Waals surface area contributed by atoms with E-state index in [1.807, 2.05) is 22.7 Å². The number of benzene rings is 1. The smallest absolute Gasteiger partial charge is 0.382 e. The van der Waals surface area contributed by atoms with Crippen LogP contribution in [0.3, 0.4) is 0 Å². The molecule has 1 aromatic carbocycles. The first-order valence-electron chi connectivity index (χ1n) is 15.1. The number of nitrogens with zero attached hydrogens (tertiary/aromatic N) is 4. The van der Waals surface area contributed by atoms with Gasteiger partial charge in [0, 0.05) is 58.6 Å². The second-order valence-electron chi connectivity index (χ2n) is 12.5. The summed E-state index contributed by atoms with van der Waals surface area (Å²) >= 11 is 0. The molecule has 0 amide bonds. The van der Waals surface area contributed by atoms with E-state index in [4.69, 9.17) is 10.7 Å². The molecule has 3 aliphatic carbocycles. The number of ketones is 2. The van der Waals surface area contributed by atoms with Crippen LogP contribution in [-0.2, 0) is 16.4 Å². The van der Waals surface area contributed by atoms with E-state index >= 15 is 0 Å². The highest BCUT2D eigenvalue weighted by Gasteiger charge is 2.58. The summed E-state index contributed by atoms with van der Waals surface area (Å²) in [6, 6.07) is 9.19. The van der Waals surface area contributed by atoms with Crippen LogP contribution in [0.1, 0.15) is 78.3 Å². The maximum atomic E-state index is 13.5. The number of carbonyl (C=O) groups excluding carboxylic acids is 2. The molecule has 44 heavy (non-hydrogen) atoms. The van der Waals surface area contributed by atoms with Gasteiger partial charge in [0.1, 0.15) is 22.9 Å². The molecule has 5 atom stereocenters. The lowest BCUT2D eigenvalue weighted by atomic mass is 9.68. The molecule has 226 valence electrons. The van der Waals surface area contributed by atoms with Gasteiger partial charge >= 0.3 is 6.18 Å². The lowest BCUT2D eigenvalue weighted by Gasteiger charge is -2.35. The molecule has 3 heterocycles. The number of imidazole rings is 1. The highest BCUT2D eigenvalue weighted by atomic mass is 19.4. The van der Waals surface area contributed by atoms with Crippen molar-refractivity contribution in [2.45, 2.75) is 62.5 Å². The zero-order valence-electron chi connectivity index (χ0n) is 24.1. The molecule has 2 N–H and O–H groups in total. The van der Waals surface area contributed by atoms with E-state index in [9.17, 15) is 22.8 Å². The molecular formula is C34H32F3N5O2. The lowest BCUT2D eigenvalue weighted by Crippen LogP contribution is -2.32. The fourth-order valence-corrected chi connectivity index (χ4v) is 7.50. The summed E-state index contributed by atoms with van der Waals surface area (Å²) in [6.45, 7) is 3.67. The van der Waals surface area contributed by atoms with E-state index in [0.717, 1.165) is 61.8 Å². The van der Waals surface area contributed by atoms with Crippen molar-refractivity contribution in [1.29, 1.82) is 0 Å². The number of allylic oxidation sites excluding steroid dienone is 1. The topological polar surface area (TPSA) is 103 Å². The van der Waals surface area contributed by atoms with Gasteiger partial charge in [0.05, 0.1) is 5.56 Å². The molecule has 7 nitrogen and oxygen atoms in total. The van der Waals surface area contributed by atoms with Crippen LogP contribution >= 0.6 is 0 Å². The number of hydrogen-bond donors (Lipinski definition) is 1. The van der Waals surface area contributed by atoms with Gasteiger partial charge in [0.25, 0.3) is 0 Å². The Morgan fingerprint density at radius 3 is 2.52 bits per heavy atom. The third-order valence-electron chi connectivity index (χ3n) is 10.2. The van der Waals surface area contributed by atoms with Crippen LogP contribution < -0.4 is 5.73 Å². The summed E-state index contributed by atoms with van der Waals surface area (Å²) in [5, 5.41) is 0. The van der Waals surface area contributed by atoms with Gasteiger partial charge in [0.2, 0.25) is 0 Å². The number of fused-ring (bicyclic) bond motifs is 2. The molecule has 3 aromatic heterocycles. The van der Waals surface area contributed by atoms with Gasteiger partial charge in [0.15, 0.2) is 11.6 Å². The van der Waals surface area contributed by atoms with Gasteiger partial charge in [-0.15, -0.1) is 0 Å². The highest BCUT2D eigenvalue weighted by molar-refractivity contribution is 5.99. The first-order chi connectivity index (χ1) is 21.1. The summed E-state index contributed by atoms with van der Waals surface area (Å²) in [6.07, 6.45) is 7.39. The maximum Gasteiger partial charge on any atom is 0.416 e. The molecule has 7 rings (SSSR count). The molecule has 5 unspecified atom stereocenters. The minimum absolute atomic E-state index is 0.000633.